The van der Waals surface area contributed by atoms with Crippen molar-refractivity contribution in [3.05, 3.63) is 30.5 Å². The van der Waals surface area contributed by atoms with Gasteiger partial charge >= 0.3 is 0 Å². The molecule has 1 aromatic carbocycles. The van der Waals surface area contributed by atoms with E-state index in [2.05, 4.69) is 36.4 Å². The largest absolute Gasteiger partial charge is 0.497 e. The Morgan fingerprint density at radius 3 is 2.38 bits per heavy atom. The highest BCUT2D eigenvalue weighted by Crippen LogP contribution is 2.32. The number of hydrogen-bond donors (Lipinski definition) is 1. The van der Waals surface area contributed by atoms with Gasteiger partial charge in [-0.1, -0.05) is 38.1 Å². The molecule has 39 heavy (non-hydrogen) atoms. The van der Waals surface area contributed by atoms with E-state index < -0.39 is 6.29 Å². The SMILES string of the molecule is CCCOCCOCCOCCOC1O[C@H](Cn2cc(-c3cccc(OC)c3)nn2)[C@H](C)[C@H](C)[C@H]1NC(C)=O. The van der Waals surface area contributed by atoms with Crippen LogP contribution in [0.15, 0.2) is 30.5 Å². The van der Waals surface area contributed by atoms with E-state index in [1.165, 1.54) is 6.92 Å². The van der Waals surface area contributed by atoms with E-state index in [9.17, 15) is 4.79 Å². The molecule has 1 fully saturated rings. The molecule has 1 aliphatic heterocycles. The Balaban J connectivity index is 1.51. The van der Waals surface area contributed by atoms with Gasteiger partial charge in [-0.25, -0.2) is 4.68 Å². The molecular formula is C28H44N4O7. The van der Waals surface area contributed by atoms with Gasteiger partial charge < -0.3 is 33.7 Å². The van der Waals surface area contributed by atoms with Crippen LogP contribution in [0.25, 0.3) is 11.3 Å². The number of carbonyl (C=O) groups is 1. The van der Waals surface area contributed by atoms with Crippen LogP contribution < -0.4 is 10.1 Å². The van der Waals surface area contributed by atoms with Crippen molar-refractivity contribution in [3.8, 4) is 17.0 Å². The highest BCUT2D eigenvalue weighted by molar-refractivity contribution is 5.73. The molecule has 2 aromatic rings. The number of rotatable bonds is 17. The number of nitrogens with zero attached hydrogens (tertiary/aromatic N) is 3. The summed E-state index contributed by atoms with van der Waals surface area (Å²) in [4.78, 5) is 11.9. The van der Waals surface area contributed by atoms with Crippen molar-refractivity contribution >= 4 is 5.91 Å². The first-order chi connectivity index (χ1) is 18.9. The van der Waals surface area contributed by atoms with Crippen LogP contribution in [0.2, 0.25) is 0 Å². The summed E-state index contributed by atoms with van der Waals surface area (Å²) < 4.78 is 36.1. The molecule has 2 heterocycles. The topological polar surface area (TPSA) is 115 Å². The Morgan fingerprint density at radius 2 is 1.72 bits per heavy atom. The van der Waals surface area contributed by atoms with Crippen LogP contribution in [0.5, 0.6) is 5.75 Å². The average molecular weight is 549 g/mol. The lowest BCUT2D eigenvalue weighted by Crippen LogP contribution is -2.58. The third-order valence-corrected chi connectivity index (χ3v) is 6.83. The monoisotopic (exact) mass is 548 g/mol. The third kappa shape index (κ3) is 9.84. The first kappa shape index (κ1) is 31.0. The van der Waals surface area contributed by atoms with Crippen molar-refractivity contribution in [2.75, 3.05) is 53.4 Å². The molecule has 0 aliphatic carbocycles. The van der Waals surface area contributed by atoms with E-state index in [0.29, 0.717) is 46.2 Å². The number of hydrogen-bond acceptors (Lipinski definition) is 9. The minimum Gasteiger partial charge on any atom is -0.497 e. The van der Waals surface area contributed by atoms with Crippen molar-refractivity contribution in [2.45, 2.75) is 59.1 Å². The Morgan fingerprint density at radius 1 is 1.03 bits per heavy atom. The van der Waals surface area contributed by atoms with Gasteiger partial charge in [-0.2, -0.15) is 0 Å². The fourth-order valence-electron chi connectivity index (χ4n) is 4.48. The maximum Gasteiger partial charge on any atom is 0.217 e. The minimum absolute atomic E-state index is 0.114. The Hall–Kier alpha value is -2.57. The van der Waals surface area contributed by atoms with Gasteiger partial charge in [0.1, 0.15) is 11.4 Å². The smallest absolute Gasteiger partial charge is 0.217 e. The summed E-state index contributed by atoms with van der Waals surface area (Å²) in [6, 6.07) is 7.43. The molecule has 11 heteroatoms. The van der Waals surface area contributed by atoms with E-state index >= 15 is 0 Å². The van der Waals surface area contributed by atoms with Crippen molar-refractivity contribution < 1.29 is 33.2 Å². The van der Waals surface area contributed by atoms with Crippen LogP contribution in [-0.4, -0.2) is 92.7 Å². The van der Waals surface area contributed by atoms with Gasteiger partial charge in [0.25, 0.3) is 0 Å². The second-order valence-corrected chi connectivity index (χ2v) is 9.75. The molecule has 3 rings (SSSR count). The molecular weight excluding hydrogens is 504 g/mol. The molecule has 1 aromatic heterocycles. The maximum absolute atomic E-state index is 11.9. The fourth-order valence-corrected chi connectivity index (χ4v) is 4.48. The molecule has 0 bridgehead atoms. The summed E-state index contributed by atoms with van der Waals surface area (Å²) in [6.07, 6.45) is 2.11. The Kier molecular flexibility index (Phi) is 13.1. The van der Waals surface area contributed by atoms with Gasteiger partial charge in [0.2, 0.25) is 5.91 Å². The van der Waals surface area contributed by atoms with Crippen LogP contribution in [-0.2, 0) is 35.0 Å². The molecule has 1 N–H and O–H groups in total. The van der Waals surface area contributed by atoms with Crippen LogP contribution in [0.4, 0.5) is 0 Å². The predicted octanol–water partition coefficient (Wildman–Crippen LogP) is 2.93. The minimum atomic E-state index is -0.609. The number of aromatic nitrogens is 3. The normalized spacial score (nSPS) is 23.1. The van der Waals surface area contributed by atoms with Gasteiger partial charge in [-0.15, -0.1) is 5.10 Å². The molecule has 0 spiro atoms. The second-order valence-electron chi connectivity index (χ2n) is 9.75. The highest BCUT2D eigenvalue weighted by atomic mass is 16.7. The summed E-state index contributed by atoms with van der Waals surface area (Å²) in [6.45, 7) is 11.9. The molecule has 1 aliphatic rings. The van der Waals surface area contributed by atoms with Gasteiger partial charge in [0, 0.05) is 19.1 Å². The zero-order valence-electron chi connectivity index (χ0n) is 23.8. The molecule has 11 nitrogen and oxygen atoms in total. The van der Waals surface area contributed by atoms with E-state index in [4.69, 9.17) is 28.4 Å². The Labute approximate surface area is 231 Å². The third-order valence-electron chi connectivity index (χ3n) is 6.83. The lowest BCUT2D eigenvalue weighted by atomic mass is 9.82. The zero-order valence-corrected chi connectivity index (χ0v) is 23.8. The van der Waals surface area contributed by atoms with E-state index in [0.717, 1.165) is 30.0 Å². The Bertz CT molecular complexity index is 988. The summed E-state index contributed by atoms with van der Waals surface area (Å²) in [5.41, 5.74) is 1.68. The second kappa shape index (κ2) is 16.5. The first-order valence-electron chi connectivity index (χ1n) is 13.7. The number of benzene rings is 1. The summed E-state index contributed by atoms with van der Waals surface area (Å²) in [5, 5.41) is 11.7. The molecule has 5 atom stereocenters. The fraction of sp³-hybridized carbons (Fsp3) is 0.679. The standard InChI is InChI=1S/C28H44N4O7/c1-6-10-35-11-12-36-13-14-37-15-16-38-28-27(29-22(4)33)21(3)20(2)26(39-28)19-32-18-25(30-31-32)23-8-7-9-24(17-23)34-5/h7-9,17-18,20-21,26-28H,6,10-16,19H2,1-5H3,(H,29,33)/t20-,21+,26-,27-,28?/m1/s1. The van der Waals surface area contributed by atoms with Gasteiger partial charge in [0.05, 0.1) is 71.6 Å². The van der Waals surface area contributed by atoms with Crippen molar-refractivity contribution in [3.63, 3.8) is 0 Å². The highest BCUT2D eigenvalue weighted by Gasteiger charge is 2.42. The molecule has 1 amide bonds. The predicted molar refractivity (Wildman–Crippen MR) is 145 cm³/mol. The number of ether oxygens (including phenoxy) is 6. The lowest BCUT2D eigenvalue weighted by molar-refractivity contribution is -0.242. The molecule has 218 valence electrons. The number of amides is 1. The van der Waals surface area contributed by atoms with E-state index in [1.54, 1.807) is 11.8 Å². The summed E-state index contributed by atoms with van der Waals surface area (Å²) >= 11 is 0. The average Bonchev–Trinajstić information content (AvgIpc) is 3.40. The van der Waals surface area contributed by atoms with Crippen molar-refractivity contribution in [1.29, 1.82) is 0 Å². The van der Waals surface area contributed by atoms with Crippen LogP contribution in [0.1, 0.15) is 34.1 Å². The van der Waals surface area contributed by atoms with Gasteiger partial charge in [0.15, 0.2) is 6.29 Å². The van der Waals surface area contributed by atoms with E-state index in [1.807, 2.05) is 30.5 Å². The van der Waals surface area contributed by atoms with Crippen molar-refractivity contribution in [2.24, 2.45) is 11.8 Å². The van der Waals surface area contributed by atoms with E-state index in [-0.39, 0.29) is 29.9 Å². The quantitative estimate of drug-likeness (QED) is 0.298. The molecule has 0 saturated carbocycles. The van der Waals surface area contributed by atoms with Gasteiger partial charge in [-0.05, 0) is 30.4 Å². The summed E-state index contributed by atoms with van der Waals surface area (Å²) in [7, 11) is 1.64. The molecule has 1 unspecified atom stereocenters. The zero-order chi connectivity index (χ0) is 28.0. The number of carbonyl (C=O) groups excluding carboxylic acids is 1. The summed E-state index contributed by atoms with van der Waals surface area (Å²) in [5.74, 6) is 0.895. The lowest BCUT2D eigenvalue weighted by Gasteiger charge is -2.44. The van der Waals surface area contributed by atoms with Crippen LogP contribution in [0, 0.1) is 11.8 Å². The maximum atomic E-state index is 11.9. The van der Waals surface area contributed by atoms with Crippen LogP contribution >= 0.6 is 0 Å². The molecule has 0 radical (unpaired) electrons. The van der Waals surface area contributed by atoms with Crippen molar-refractivity contribution in [1.82, 2.24) is 20.3 Å². The molecule has 1 saturated heterocycles. The first-order valence-corrected chi connectivity index (χ1v) is 13.7. The number of nitrogens with one attached hydrogen (secondary N) is 1. The van der Waals surface area contributed by atoms with Crippen LogP contribution in [0.3, 0.4) is 0 Å². The number of methoxy groups -OCH3 is 1. The van der Waals surface area contributed by atoms with Gasteiger partial charge in [-0.3, -0.25) is 4.79 Å².